The second-order valence-corrected chi connectivity index (χ2v) is 5.63. The first kappa shape index (κ1) is 13.0. The molecule has 1 saturated heterocycles. The van der Waals surface area contributed by atoms with Gasteiger partial charge in [-0.1, -0.05) is 30.3 Å². The Hall–Kier alpha value is -2.01. The zero-order valence-electron chi connectivity index (χ0n) is 10.8. The summed E-state index contributed by atoms with van der Waals surface area (Å²) in [6.45, 7) is 0.124. The molecule has 2 amide bonds. The summed E-state index contributed by atoms with van der Waals surface area (Å²) >= 11 is 1.54. The third kappa shape index (κ3) is 2.77. The molecule has 0 bridgehead atoms. The first-order valence-corrected chi connectivity index (χ1v) is 7.52. The van der Waals surface area contributed by atoms with Crippen LogP contribution in [0.15, 0.2) is 42.5 Å². The first-order chi connectivity index (χ1) is 9.72. The number of hydrogen-bond donors (Lipinski definition) is 1. The van der Waals surface area contributed by atoms with Crippen molar-refractivity contribution in [2.75, 3.05) is 23.5 Å². The number of amides is 2. The van der Waals surface area contributed by atoms with Crippen LogP contribution in [0.3, 0.4) is 0 Å². The molecule has 1 aliphatic rings. The van der Waals surface area contributed by atoms with Crippen LogP contribution < -0.4 is 5.32 Å². The van der Waals surface area contributed by atoms with Gasteiger partial charge in [-0.05, 0) is 22.9 Å². The van der Waals surface area contributed by atoms with E-state index in [1.165, 1.54) is 11.8 Å². The molecule has 0 radical (unpaired) electrons. The van der Waals surface area contributed by atoms with Crippen LogP contribution in [0.5, 0.6) is 0 Å². The fourth-order valence-corrected chi connectivity index (χ4v) is 3.09. The molecule has 0 saturated carbocycles. The van der Waals surface area contributed by atoms with E-state index in [1.807, 2.05) is 42.5 Å². The smallest absolute Gasteiger partial charge is 0.244 e. The fourth-order valence-electron chi connectivity index (χ4n) is 2.18. The van der Waals surface area contributed by atoms with Gasteiger partial charge in [0.15, 0.2) is 0 Å². The molecule has 4 nitrogen and oxygen atoms in total. The fraction of sp³-hybridized carbons (Fsp3) is 0.200. The molecule has 102 valence electrons. The van der Waals surface area contributed by atoms with Gasteiger partial charge < -0.3 is 10.2 Å². The van der Waals surface area contributed by atoms with Crippen molar-refractivity contribution in [2.45, 2.75) is 0 Å². The third-order valence-electron chi connectivity index (χ3n) is 3.19. The summed E-state index contributed by atoms with van der Waals surface area (Å²) in [6, 6.07) is 13.8. The Morgan fingerprint density at radius 2 is 2.00 bits per heavy atom. The Morgan fingerprint density at radius 3 is 2.75 bits per heavy atom. The molecule has 0 atom stereocenters. The summed E-state index contributed by atoms with van der Waals surface area (Å²) in [4.78, 5) is 25.0. The standard InChI is InChI=1S/C15H14N2O2S/c18-14(8-17-10-20-9-15(17)19)16-13-6-5-11-3-1-2-4-12(11)7-13/h1-7H,8-10H2,(H,16,18). The number of rotatable bonds is 3. The number of nitrogens with zero attached hydrogens (tertiary/aromatic N) is 1. The predicted octanol–water partition coefficient (Wildman–Crippen LogP) is 2.31. The topological polar surface area (TPSA) is 49.4 Å². The molecule has 1 fully saturated rings. The zero-order valence-corrected chi connectivity index (χ0v) is 11.7. The molecule has 3 rings (SSSR count). The molecule has 0 unspecified atom stereocenters. The second kappa shape index (κ2) is 5.54. The monoisotopic (exact) mass is 286 g/mol. The van der Waals surface area contributed by atoms with Crippen molar-refractivity contribution in [2.24, 2.45) is 0 Å². The van der Waals surface area contributed by atoms with Crippen LogP contribution in [0.4, 0.5) is 5.69 Å². The maximum absolute atomic E-state index is 11.9. The molecule has 1 aliphatic heterocycles. The van der Waals surface area contributed by atoms with E-state index in [2.05, 4.69) is 5.32 Å². The lowest BCUT2D eigenvalue weighted by Gasteiger charge is -2.14. The Morgan fingerprint density at radius 1 is 1.20 bits per heavy atom. The van der Waals surface area contributed by atoms with Gasteiger partial charge in [0.25, 0.3) is 0 Å². The number of carbonyl (C=O) groups is 2. The molecule has 1 heterocycles. The van der Waals surface area contributed by atoms with E-state index in [4.69, 9.17) is 0 Å². The molecule has 20 heavy (non-hydrogen) atoms. The van der Waals surface area contributed by atoms with Gasteiger partial charge in [0.05, 0.1) is 11.6 Å². The Bertz CT molecular complexity index is 672. The molecule has 1 N–H and O–H groups in total. The van der Waals surface area contributed by atoms with Gasteiger partial charge in [-0.2, -0.15) is 0 Å². The van der Waals surface area contributed by atoms with Crippen molar-refractivity contribution < 1.29 is 9.59 Å². The number of fused-ring (bicyclic) bond motifs is 1. The summed E-state index contributed by atoms with van der Waals surface area (Å²) in [5.74, 6) is 0.951. The van der Waals surface area contributed by atoms with E-state index in [1.54, 1.807) is 4.90 Å². The average molecular weight is 286 g/mol. The van der Waals surface area contributed by atoms with Crippen molar-refractivity contribution in [3.05, 3.63) is 42.5 Å². The number of nitrogens with one attached hydrogen (secondary N) is 1. The number of thioether (sulfide) groups is 1. The van der Waals surface area contributed by atoms with Crippen molar-refractivity contribution in [1.29, 1.82) is 0 Å². The highest BCUT2D eigenvalue weighted by molar-refractivity contribution is 8.00. The van der Waals surface area contributed by atoms with Crippen LogP contribution in [-0.4, -0.2) is 34.9 Å². The normalized spacial score (nSPS) is 14.8. The summed E-state index contributed by atoms with van der Waals surface area (Å²) in [5, 5.41) is 5.06. The maximum Gasteiger partial charge on any atom is 0.244 e. The number of benzene rings is 2. The average Bonchev–Trinajstić information content (AvgIpc) is 2.84. The van der Waals surface area contributed by atoms with Gasteiger partial charge in [0.1, 0.15) is 6.54 Å². The first-order valence-electron chi connectivity index (χ1n) is 6.36. The van der Waals surface area contributed by atoms with Gasteiger partial charge in [-0.25, -0.2) is 0 Å². The Labute approximate surface area is 121 Å². The Kier molecular flexibility index (Phi) is 3.60. The lowest BCUT2D eigenvalue weighted by atomic mass is 10.1. The summed E-state index contributed by atoms with van der Waals surface area (Å²) in [7, 11) is 0. The van der Waals surface area contributed by atoms with Crippen molar-refractivity contribution >= 4 is 40.0 Å². The van der Waals surface area contributed by atoms with Crippen LogP contribution in [0.1, 0.15) is 0 Å². The lowest BCUT2D eigenvalue weighted by molar-refractivity contribution is -0.130. The summed E-state index contributed by atoms with van der Waals surface area (Å²) < 4.78 is 0. The highest BCUT2D eigenvalue weighted by Crippen LogP contribution is 2.19. The van der Waals surface area contributed by atoms with Crippen molar-refractivity contribution in [3.63, 3.8) is 0 Å². The van der Waals surface area contributed by atoms with Crippen LogP contribution in [0, 0.1) is 0 Å². The molecule has 0 aliphatic carbocycles. The minimum atomic E-state index is -0.156. The van der Waals surface area contributed by atoms with E-state index in [0.717, 1.165) is 16.5 Å². The van der Waals surface area contributed by atoms with E-state index in [0.29, 0.717) is 11.6 Å². The Balaban J connectivity index is 1.69. The summed E-state index contributed by atoms with van der Waals surface area (Å²) in [5.41, 5.74) is 0.757. The molecular formula is C15H14N2O2S. The van der Waals surface area contributed by atoms with Crippen LogP contribution >= 0.6 is 11.8 Å². The molecular weight excluding hydrogens is 272 g/mol. The van der Waals surface area contributed by atoms with Crippen molar-refractivity contribution in [1.82, 2.24) is 4.90 Å². The SMILES string of the molecule is O=C(CN1CSCC1=O)Nc1ccc2ccccc2c1. The zero-order chi connectivity index (χ0) is 13.9. The minimum Gasteiger partial charge on any atom is -0.325 e. The number of anilines is 1. The molecule has 0 spiro atoms. The van der Waals surface area contributed by atoms with E-state index in [-0.39, 0.29) is 18.4 Å². The van der Waals surface area contributed by atoms with Crippen LogP contribution in [-0.2, 0) is 9.59 Å². The van der Waals surface area contributed by atoms with E-state index >= 15 is 0 Å². The van der Waals surface area contributed by atoms with Gasteiger partial charge in [-0.15, -0.1) is 11.8 Å². The minimum absolute atomic E-state index is 0.0312. The second-order valence-electron chi connectivity index (χ2n) is 4.68. The van der Waals surface area contributed by atoms with E-state index < -0.39 is 0 Å². The maximum atomic E-state index is 11.9. The highest BCUT2D eigenvalue weighted by atomic mass is 32.2. The molecule has 2 aromatic carbocycles. The van der Waals surface area contributed by atoms with Crippen LogP contribution in [0.25, 0.3) is 10.8 Å². The molecule has 2 aromatic rings. The highest BCUT2D eigenvalue weighted by Gasteiger charge is 2.22. The predicted molar refractivity (Wildman–Crippen MR) is 81.6 cm³/mol. The molecule has 0 aromatic heterocycles. The largest absolute Gasteiger partial charge is 0.325 e. The number of carbonyl (C=O) groups excluding carboxylic acids is 2. The van der Waals surface area contributed by atoms with Gasteiger partial charge >= 0.3 is 0 Å². The quantitative estimate of drug-likeness (QED) is 0.942. The van der Waals surface area contributed by atoms with Crippen LogP contribution in [0.2, 0.25) is 0 Å². The van der Waals surface area contributed by atoms with E-state index in [9.17, 15) is 9.59 Å². The number of hydrogen-bond acceptors (Lipinski definition) is 3. The lowest BCUT2D eigenvalue weighted by Crippen LogP contribution is -2.34. The van der Waals surface area contributed by atoms with Gasteiger partial charge in [0, 0.05) is 5.69 Å². The van der Waals surface area contributed by atoms with Gasteiger partial charge in [0.2, 0.25) is 11.8 Å². The summed E-state index contributed by atoms with van der Waals surface area (Å²) in [6.07, 6.45) is 0. The third-order valence-corrected chi connectivity index (χ3v) is 4.14. The molecule has 5 heteroatoms. The van der Waals surface area contributed by atoms with Crippen molar-refractivity contribution in [3.8, 4) is 0 Å². The van der Waals surface area contributed by atoms with Gasteiger partial charge in [-0.3, -0.25) is 9.59 Å².